The van der Waals surface area contributed by atoms with Crippen LogP contribution in [-0.4, -0.2) is 34.1 Å². The van der Waals surface area contributed by atoms with Gasteiger partial charge in [-0.05, 0) is 36.2 Å². The summed E-state index contributed by atoms with van der Waals surface area (Å²) in [6, 6.07) is 9.13. The van der Waals surface area contributed by atoms with E-state index in [1.807, 2.05) is 0 Å². The molecule has 9 nitrogen and oxygen atoms in total. The number of hydrogen-bond acceptors (Lipinski definition) is 6. The Bertz CT molecular complexity index is 961. The van der Waals surface area contributed by atoms with E-state index in [0.29, 0.717) is 16.1 Å². The number of rotatable bonds is 7. The summed E-state index contributed by atoms with van der Waals surface area (Å²) in [5, 5.41) is 27.1. The molecule has 0 spiro atoms. The molecule has 2 aromatic rings. The van der Waals surface area contributed by atoms with E-state index in [-0.39, 0.29) is 5.92 Å². The Morgan fingerprint density at radius 2 is 1.97 bits per heavy atom. The van der Waals surface area contributed by atoms with Crippen molar-refractivity contribution in [3.05, 3.63) is 68.7 Å². The molecule has 152 valence electrons. The summed E-state index contributed by atoms with van der Waals surface area (Å²) in [6.07, 6.45) is 1.19. The van der Waals surface area contributed by atoms with Crippen LogP contribution in [0.4, 0.5) is 5.69 Å². The van der Waals surface area contributed by atoms with Gasteiger partial charge in [0.15, 0.2) is 5.75 Å². The molecule has 2 amide bonds. The van der Waals surface area contributed by atoms with E-state index in [4.69, 9.17) is 11.6 Å². The van der Waals surface area contributed by atoms with Crippen molar-refractivity contribution in [2.45, 2.75) is 19.9 Å². The van der Waals surface area contributed by atoms with Crippen LogP contribution < -0.4 is 10.7 Å². The molecule has 0 aliphatic rings. The minimum Gasteiger partial charge on any atom is -0.502 e. The fraction of sp³-hybridized carbons (Fsp3) is 0.211. The molecular formula is C19H19ClN4O5. The molecule has 2 aromatic carbocycles. The van der Waals surface area contributed by atoms with Crippen molar-refractivity contribution in [2.75, 3.05) is 0 Å². The molecule has 0 bridgehead atoms. The molecule has 0 heterocycles. The zero-order valence-corrected chi connectivity index (χ0v) is 16.4. The van der Waals surface area contributed by atoms with Crippen molar-refractivity contribution >= 4 is 35.3 Å². The van der Waals surface area contributed by atoms with Gasteiger partial charge in [0.2, 0.25) is 0 Å². The maximum Gasteiger partial charge on any atom is 0.311 e. The number of phenols is 1. The highest BCUT2D eigenvalue weighted by Crippen LogP contribution is 2.25. The molecule has 0 aromatic heterocycles. The molecule has 0 radical (unpaired) electrons. The molecule has 3 N–H and O–H groups in total. The van der Waals surface area contributed by atoms with Crippen LogP contribution in [-0.2, 0) is 4.79 Å². The Morgan fingerprint density at radius 1 is 1.24 bits per heavy atom. The minimum atomic E-state index is -0.868. The zero-order chi connectivity index (χ0) is 21.6. The minimum absolute atomic E-state index is 0.233. The number of hydrazone groups is 1. The number of carbonyl (C=O) groups is 2. The van der Waals surface area contributed by atoms with Crippen LogP contribution in [0.2, 0.25) is 5.02 Å². The fourth-order valence-electron chi connectivity index (χ4n) is 2.40. The average Bonchev–Trinajstić information content (AvgIpc) is 2.66. The predicted octanol–water partition coefficient (Wildman–Crippen LogP) is 2.86. The summed E-state index contributed by atoms with van der Waals surface area (Å²) in [5.74, 6) is -1.72. The van der Waals surface area contributed by atoms with Crippen molar-refractivity contribution < 1.29 is 19.6 Å². The van der Waals surface area contributed by atoms with Gasteiger partial charge in [-0.3, -0.25) is 19.7 Å². The van der Waals surface area contributed by atoms with Crippen molar-refractivity contribution in [2.24, 2.45) is 11.0 Å². The van der Waals surface area contributed by atoms with E-state index in [1.165, 1.54) is 18.3 Å². The third-order valence-electron chi connectivity index (χ3n) is 3.91. The molecule has 2 rings (SSSR count). The Kier molecular flexibility index (Phi) is 7.27. The van der Waals surface area contributed by atoms with Crippen molar-refractivity contribution in [1.82, 2.24) is 10.7 Å². The standard InChI is InChI=1S/C19H19ClN4O5/c1-11(2)17(22-18(26)13-4-3-5-14(20)9-13)19(27)23-21-10-12-6-7-16(25)15(8-12)24(28)29/h3-11,17,25H,1-2H3,(H,22,26)(H,23,27). The number of nitrogens with zero attached hydrogens (tertiary/aromatic N) is 2. The number of benzene rings is 2. The van der Waals surface area contributed by atoms with E-state index in [2.05, 4.69) is 15.8 Å². The van der Waals surface area contributed by atoms with E-state index < -0.39 is 34.2 Å². The SMILES string of the molecule is CC(C)C(NC(=O)c1cccc(Cl)c1)C(=O)NN=Cc1ccc(O)c([N+](=O)[O-])c1. The Morgan fingerprint density at radius 3 is 2.59 bits per heavy atom. The molecule has 10 heteroatoms. The van der Waals surface area contributed by atoms with Crippen LogP contribution in [0.15, 0.2) is 47.6 Å². The van der Waals surface area contributed by atoms with Gasteiger partial charge in [-0.1, -0.05) is 31.5 Å². The van der Waals surface area contributed by atoms with Gasteiger partial charge < -0.3 is 10.4 Å². The fourth-order valence-corrected chi connectivity index (χ4v) is 2.59. The first kappa shape index (κ1) is 21.8. The van der Waals surface area contributed by atoms with Gasteiger partial charge in [-0.2, -0.15) is 5.10 Å². The van der Waals surface area contributed by atoms with E-state index >= 15 is 0 Å². The molecule has 0 saturated heterocycles. The van der Waals surface area contributed by atoms with Crippen LogP contribution in [0.1, 0.15) is 29.8 Å². The predicted molar refractivity (Wildman–Crippen MR) is 108 cm³/mol. The van der Waals surface area contributed by atoms with Crippen LogP contribution in [0.25, 0.3) is 0 Å². The Hall–Kier alpha value is -3.46. The lowest BCUT2D eigenvalue weighted by Crippen LogP contribution is -2.48. The van der Waals surface area contributed by atoms with Gasteiger partial charge in [0.25, 0.3) is 11.8 Å². The maximum absolute atomic E-state index is 12.4. The summed E-state index contributed by atoms with van der Waals surface area (Å²) in [7, 11) is 0. The van der Waals surface area contributed by atoms with Crippen molar-refractivity contribution in [3.63, 3.8) is 0 Å². The third-order valence-corrected chi connectivity index (χ3v) is 4.14. The second kappa shape index (κ2) is 9.65. The van der Waals surface area contributed by atoms with Gasteiger partial charge in [-0.15, -0.1) is 0 Å². The first-order valence-corrected chi connectivity index (χ1v) is 8.93. The summed E-state index contributed by atoms with van der Waals surface area (Å²) >= 11 is 5.88. The zero-order valence-electron chi connectivity index (χ0n) is 15.6. The summed E-state index contributed by atoms with van der Waals surface area (Å²) in [5.41, 5.74) is 2.44. The molecule has 1 atom stereocenters. The number of halogens is 1. The van der Waals surface area contributed by atoms with Crippen LogP contribution in [0.3, 0.4) is 0 Å². The summed E-state index contributed by atoms with van der Waals surface area (Å²) < 4.78 is 0. The van der Waals surface area contributed by atoms with E-state index in [0.717, 1.165) is 12.1 Å². The lowest BCUT2D eigenvalue weighted by molar-refractivity contribution is -0.385. The van der Waals surface area contributed by atoms with Gasteiger partial charge in [0.1, 0.15) is 6.04 Å². The number of nitro groups is 1. The summed E-state index contributed by atoms with van der Waals surface area (Å²) in [6.45, 7) is 3.52. The normalized spacial score (nSPS) is 12.0. The average molecular weight is 419 g/mol. The monoisotopic (exact) mass is 418 g/mol. The number of nitrogens with one attached hydrogen (secondary N) is 2. The second-order valence-corrected chi connectivity index (χ2v) is 6.88. The summed E-state index contributed by atoms with van der Waals surface area (Å²) in [4.78, 5) is 34.9. The topological polar surface area (TPSA) is 134 Å². The van der Waals surface area contributed by atoms with Gasteiger partial charge in [0, 0.05) is 22.2 Å². The number of carbonyl (C=O) groups excluding carboxylic acids is 2. The molecule has 1 unspecified atom stereocenters. The number of nitro benzene ring substituents is 1. The largest absolute Gasteiger partial charge is 0.502 e. The lowest BCUT2D eigenvalue weighted by atomic mass is 10.0. The number of phenolic OH excluding ortho intramolecular Hbond substituents is 1. The highest BCUT2D eigenvalue weighted by Gasteiger charge is 2.24. The van der Waals surface area contributed by atoms with Gasteiger partial charge in [-0.25, -0.2) is 5.43 Å². The highest BCUT2D eigenvalue weighted by atomic mass is 35.5. The molecule has 0 saturated carbocycles. The smallest absolute Gasteiger partial charge is 0.311 e. The molecule has 0 aliphatic carbocycles. The van der Waals surface area contributed by atoms with Crippen molar-refractivity contribution in [1.29, 1.82) is 0 Å². The van der Waals surface area contributed by atoms with E-state index in [1.54, 1.807) is 32.0 Å². The van der Waals surface area contributed by atoms with Crippen LogP contribution >= 0.6 is 11.6 Å². The lowest BCUT2D eigenvalue weighted by Gasteiger charge is -2.20. The number of hydrogen-bond donors (Lipinski definition) is 3. The number of aromatic hydroxyl groups is 1. The molecular weight excluding hydrogens is 400 g/mol. The van der Waals surface area contributed by atoms with Crippen LogP contribution in [0, 0.1) is 16.0 Å². The van der Waals surface area contributed by atoms with Crippen molar-refractivity contribution in [3.8, 4) is 5.75 Å². The highest BCUT2D eigenvalue weighted by molar-refractivity contribution is 6.31. The first-order chi connectivity index (χ1) is 13.7. The maximum atomic E-state index is 12.4. The Labute approximate surface area is 171 Å². The van der Waals surface area contributed by atoms with Gasteiger partial charge >= 0.3 is 5.69 Å². The van der Waals surface area contributed by atoms with Crippen LogP contribution in [0.5, 0.6) is 5.75 Å². The Balaban J connectivity index is 2.06. The third kappa shape index (κ3) is 6.01. The number of amides is 2. The van der Waals surface area contributed by atoms with E-state index in [9.17, 15) is 24.8 Å². The first-order valence-electron chi connectivity index (χ1n) is 8.55. The van der Waals surface area contributed by atoms with Gasteiger partial charge in [0.05, 0.1) is 11.1 Å². The second-order valence-electron chi connectivity index (χ2n) is 6.45. The quantitative estimate of drug-likeness (QED) is 0.361. The molecule has 0 aliphatic heterocycles. The molecule has 0 fully saturated rings. The molecule has 29 heavy (non-hydrogen) atoms.